The van der Waals surface area contributed by atoms with Crippen LogP contribution in [0.3, 0.4) is 0 Å². The molecule has 0 aromatic rings. The molecule has 4 rings (SSSR count). The maximum Gasteiger partial charge on any atom is 0.335 e. The van der Waals surface area contributed by atoms with Gasteiger partial charge in [0.25, 0.3) is 0 Å². The van der Waals surface area contributed by atoms with E-state index in [0.29, 0.717) is 23.7 Å². The Bertz CT molecular complexity index is 2320. The van der Waals surface area contributed by atoms with Gasteiger partial charge in [0.2, 0.25) is 47.3 Å². The van der Waals surface area contributed by atoms with Crippen molar-refractivity contribution in [2.75, 3.05) is 32.8 Å². The Morgan fingerprint density at radius 1 is 0.595 bits per heavy atom. The molecule has 0 unspecified atom stereocenters. The average molecular weight is 1200 g/mol. The van der Waals surface area contributed by atoms with Gasteiger partial charge in [-0.15, -0.1) is 0 Å². The van der Waals surface area contributed by atoms with Gasteiger partial charge in [-0.25, -0.2) is 14.4 Å². The fourth-order valence-electron chi connectivity index (χ4n) is 10.9. The highest BCUT2D eigenvalue weighted by Crippen LogP contribution is 2.27. The molecule has 0 saturated carbocycles. The lowest BCUT2D eigenvalue weighted by Crippen LogP contribution is -2.64. The number of nitrogens with two attached hydrogens (primary N) is 2. The molecule has 84 heavy (non-hydrogen) atoms. The number of rotatable bonds is 23. The van der Waals surface area contributed by atoms with Crippen LogP contribution in [0.4, 0.5) is 0 Å². The number of guanidine groups is 1. The lowest BCUT2D eigenvalue weighted by atomic mass is 10.0. The van der Waals surface area contributed by atoms with Crippen LogP contribution in [0.25, 0.3) is 0 Å². The predicted octanol–water partition coefficient (Wildman–Crippen LogP) is -3.68. The molecule has 0 aliphatic carbocycles. The summed E-state index contributed by atoms with van der Waals surface area (Å²) in [6.45, 7) is 3.71. The minimum absolute atomic E-state index is 0.00905. The van der Waals surface area contributed by atoms with Crippen molar-refractivity contribution < 1.29 is 93.2 Å². The Kier molecular flexibility index (Phi) is 28.4. The van der Waals surface area contributed by atoms with E-state index in [-0.39, 0.29) is 77.0 Å². The third-order valence-electron chi connectivity index (χ3n) is 15.5. The standard InChI is InChI=1S/C54H89N11O19/c1-29(2)17-12-10-8-6-4-5-7-9-11-13-18-31-27-37(69)60-38(30(3)67)50(78)64-25-16-21-35(64)49(77)63-24-15-20-34(63)45(73)58-32(19-14-23-57-54(55)56)44(72)61-39(42(70)51(79)80)46(74)59-33(28-66)48(76)65-26-22-36(68)41(65)47(75)62-40(53(83)84-31)43(71)52(81)82/h29-36,38-43,66-68,70-71H,4-28H2,1-3H3,(H,58,73)(H,59,74)(H,60,69)(H,61,72)(H,62,75)(H,79,80)(H,81,82)(H4,55,56,57)/t30-,31-,32+,33+,34+,35-,36+,38-,39-,40+,41+,42-,43+/m1/s1. The second-order valence-corrected chi connectivity index (χ2v) is 22.6. The molecular weight excluding hydrogens is 1110 g/mol. The Labute approximate surface area is 487 Å². The summed E-state index contributed by atoms with van der Waals surface area (Å²) in [5.74, 6) is -14.4. The first-order valence-electron chi connectivity index (χ1n) is 29.3. The average Bonchev–Trinajstić information content (AvgIpc) is 3.00. The van der Waals surface area contributed by atoms with Gasteiger partial charge in [0.05, 0.1) is 25.2 Å². The Balaban J connectivity index is 1.73. The van der Waals surface area contributed by atoms with Gasteiger partial charge in [0, 0.05) is 26.2 Å². The quantitative estimate of drug-likeness (QED) is 0.0203. The van der Waals surface area contributed by atoms with Crippen molar-refractivity contribution in [1.82, 2.24) is 41.3 Å². The van der Waals surface area contributed by atoms with E-state index >= 15 is 0 Å². The van der Waals surface area contributed by atoms with Crippen molar-refractivity contribution in [3.63, 3.8) is 0 Å². The summed E-state index contributed by atoms with van der Waals surface area (Å²) >= 11 is 0. The Morgan fingerprint density at radius 3 is 1.71 bits per heavy atom. The number of cyclic esters (lactones) is 1. The molecule has 0 radical (unpaired) electrons. The van der Waals surface area contributed by atoms with E-state index < -0.39 is 164 Å². The Hall–Kier alpha value is -6.76. The van der Waals surface area contributed by atoms with E-state index in [2.05, 4.69) is 34.8 Å². The van der Waals surface area contributed by atoms with E-state index in [4.69, 9.17) is 16.2 Å². The molecular formula is C54H89N11O19. The minimum Gasteiger partial charge on any atom is -0.479 e. The fourth-order valence-corrected chi connectivity index (χ4v) is 10.9. The number of unbranched alkanes of at least 4 members (excludes halogenated alkanes) is 9. The largest absolute Gasteiger partial charge is 0.479 e. The zero-order valence-corrected chi connectivity index (χ0v) is 48.2. The van der Waals surface area contributed by atoms with Crippen LogP contribution in [-0.2, 0) is 57.5 Å². The normalized spacial score (nSPS) is 27.6. The van der Waals surface area contributed by atoms with Gasteiger partial charge in [-0.3, -0.25) is 43.3 Å². The Morgan fingerprint density at radius 2 is 1.14 bits per heavy atom. The van der Waals surface area contributed by atoms with Gasteiger partial charge in [-0.05, 0) is 70.6 Å². The van der Waals surface area contributed by atoms with E-state index in [9.17, 15) is 88.5 Å². The lowest BCUT2D eigenvalue weighted by Gasteiger charge is -2.34. The van der Waals surface area contributed by atoms with Gasteiger partial charge in [-0.1, -0.05) is 78.1 Å². The molecule has 4 saturated heterocycles. The molecule has 4 fully saturated rings. The molecule has 4 aliphatic rings. The van der Waals surface area contributed by atoms with Crippen LogP contribution in [0.1, 0.15) is 149 Å². The van der Waals surface area contributed by atoms with Crippen LogP contribution < -0.4 is 38.1 Å². The number of aliphatic hydroxyl groups is 5. The SMILES string of the molecule is CC(C)CCCCCCCCCCCC[C@@H]1CC(=O)N[C@H]([C@@H](C)O)C(=O)N2CCC[C@@H]2C(=O)N2CCC[C@H]2C(=O)N[C@@H](CCCN=C(N)N)C(=O)N[C@H]([C@@H](O)C(=O)O)C(=O)N[C@@H](CO)C(=O)N2CC[C@H](O)[C@H]2C(=O)N[C@@H]([C@H](O)C(=O)O)C(=O)O1. The number of hydrogen-bond donors (Lipinski definition) is 14. The second-order valence-electron chi connectivity index (χ2n) is 22.6. The summed E-state index contributed by atoms with van der Waals surface area (Å²) in [5, 5.41) is 85.0. The maximum atomic E-state index is 14.5. The molecule has 0 aromatic heterocycles. The summed E-state index contributed by atoms with van der Waals surface area (Å²) < 4.78 is 5.68. The zero-order chi connectivity index (χ0) is 62.4. The number of fused-ring (bicyclic) bond motifs is 3. The number of hydrogen-bond acceptors (Lipinski definition) is 18. The van der Waals surface area contributed by atoms with E-state index in [1.165, 1.54) is 31.1 Å². The van der Waals surface area contributed by atoms with Crippen molar-refractivity contribution >= 4 is 71.1 Å². The summed E-state index contributed by atoms with van der Waals surface area (Å²) in [5.41, 5.74) is 10.9. The van der Waals surface area contributed by atoms with Gasteiger partial charge < -0.3 is 93.2 Å². The molecule has 474 valence electrons. The monoisotopic (exact) mass is 1200 g/mol. The summed E-state index contributed by atoms with van der Waals surface area (Å²) in [6.07, 6.45) is -0.650. The number of carboxylic acid groups (broad SMARTS) is 2. The van der Waals surface area contributed by atoms with Crippen LogP contribution in [0.15, 0.2) is 4.99 Å². The predicted molar refractivity (Wildman–Crippen MR) is 296 cm³/mol. The number of amides is 8. The summed E-state index contributed by atoms with van der Waals surface area (Å²) in [6, 6.07) is -14.9. The van der Waals surface area contributed by atoms with E-state index in [1.54, 1.807) is 0 Å². The molecule has 8 amide bonds. The van der Waals surface area contributed by atoms with E-state index in [1.807, 2.05) is 10.6 Å². The number of ether oxygens (including phenoxy) is 1. The number of carbonyl (C=O) groups excluding carboxylic acids is 9. The first-order valence-corrected chi connectivity index (χ1v) is 29.3. The number of aliphatic hydroxyl groups excluding tert-OH is 5. The molecule has 0 spiro atoms. The topological polar surface area (TPSA) is 473 Å². The van der Waals surface area contributed by atoms with Crippen LogP contribution in [0.5, 0.6) is 0 Å². The van der Waals surface area contributed by atoms with Gasteiger partial charge in [0.1, 0.15) is 48.4 Å². The molecule has 16 N–H and O–H groups in total. The third-order valence-corrected chi connectivity index (χ3v) is 15.5. The van der Waals surface area contributed by atoms with Gasteiger partial charge >= 0.3 is 17.9 Å². The number of carboxylic acids is 2. The minimum atomic E-state index is -2.76. The van der Waals surface area contributed by atoms with Crippen LogP contribution >= 0.6 is 0 Å². The van der Waals surface area contributed by atoms with Crippen molar-refractivity contribution in [2.24, 2.45) is 22.4 Å². The lowest BCUT2D eigenvalue weighted by molar-refractivity contribution is -0.165. The van der Waals surface area contributed by atoms with Gasteiger partial charge in [-0.2, -0.15) is 0 Å². The molecule has 13 atom stereocenters. The van der Waals surface area contributed by atoms with Crippen molar-refractivity contribution in [3.8, 4) is 0 Å². The van der Waals surface area contributed by atoms with Gasteiger partial charge in [0.15, 0.2) is 24.2 Å². The zero-order valence-electron chi connectivity index (χ0n) is 48.2. The molecule has 30 heteroatoms. The highest BCUT2D eigenvalue weighted by atomic mass is 16.5. The molecule has 0 bridgehead atoms. The number of nitrogens with one attached hydrogen (secondary N) is 5. The smallest absolute Gasteiger partial charge is 0.335 e. The molecule has 0 aromatic carbocycles. The highest BCUT2D eigenvalue weighted by molar-refractivity contribution is 6.00. The van der Waals surface area contributed by atoms with Crippen molar-refractivity contribution in [1.29, 1.82) is 0 Å². The summed E-state index contributed by atoms with van der Waals surface area (Å²) in [4.78, 5) is 159. The number of nitrogens with zero attached hydrogens (tertiary/aromatic N) is 4. The van der Waals surface area contributed by atoms with Crippen LogP contribution in [0.2, 0.25) is 0 Å². The molecule has 4 heterocycles. The van der Waals surface area contributed by atoms with E-state index in [0.717, 1.165) is 43.4 Å². The number of esters is 1. The molecule has 4 aliphatic heterocycles. The second kappa shape index (κ2) is 34.3. The number of carbonyl (C=O) groups is 11. The molecule has 30 nitrogen and oxygen atoms in total. The maximum absolute atomic E-state index is 14.5. The first kappa shape index (κ1) is 69.7. The first-order chi connectivity index (χ1) is 39.8. The van der Waals surface area contributed by atoms with Crippen LogP contribution in [0, 0.1) is 5.92 Å². The fraction of sp³-hybridized carbons (Fsp3) is 0.778. The number of aliphatic carboxylic acids is 2. The highest BCUT2D eigenvalue weighted by Gasteiger charge is 2.48. The van der Waals surface area contributed by atoms with Crippen LogP contribution in [-0.4, -0.2) is 233 Å². The van der Waals surface area contributed by atoms with Crippen molar-refractivity contribution in [3.05, 3.63) is 0 Å². The third kappa shape index (κ3) is 20.5. The number of aliphatic imine (C=N–C) groups is 1. The summed E-state index contributed by atoms with van der Waals surface area (Å²) in [7, 11) is 0. The van der Waals surface area contributed by atoms with Crippen molar-refractivity contribution in [2.45, 2.75) is 228 Å².